The van der Waals surface area contributed by atoms with E-state index in [0.29, 0.717) is 13.0 Å². The van der Waals surface area contributed by atoms with Crippen LogP contribution in [-0.2, 0) is 35.6 Å². The zero-order valence-corrected chi connectivity index (χ0v) is 16.2. The van der Waals surface area contributed by atoms with E-state index < -0.39 is 0 Å². The van der Waals surface area contributed by atoms with Crippen molar-refractivity contribution in [2.45, 2.75) is 57.8 Å². The maximum Gasteiger partial charge on any atom is 0.220 e. The van der Waals surface area contributed by atoms with Gasteiger partial charge >= 0.3 is 0 Å². The molecule has 1 saturated heterocycles. The lowest BCUT2D eigenvalue weighted by Gasteiger charge is -2.28. The van der Waals surface area contributed by atoms with Crippen LogP contribution in [0.4, 0.5) is 0 Å². The minimum absolute atomic E-state index is 0.106. The molecule has 0 bridgehead atoms. The topological polar surface area (TPSA) is 85.2 Å². The summed E-state index contributed by atoms with van der Waals surface area (Å²) in [6, 6.07) is 8.86. The van der Waals surface area contributed by atoms with Crippen LogP contribution < -0.4 is 5.32 Å². The van der Waals surface area contributed by atoms with Crippen molar-refractivity contribution >= 4 is 5.91 Å². The Morgan fingerprint density at radius 3 is 2.89 bits per heavy atom. The molecule has 1 aromatic heterocycles. The van der Waals surface area contributed by atoms with E-state index >= 15 is 0 Å². The van der Waals surface area contributed by atoms with Crippen molar-refractivity contribution in [1.82, 2.24) is 30.4 Å². The van der Waals surface area contributed by atoms with Crippen LogP contribution in [0.15, 0.2) is 24.3 Å². The van der Waals surface area contributed by atoms with Gasteiger partial charge in [0.15, 0.2) is 5.82 Å². The molecule has 4 rings (SSSR count). The van der Waals surface area contributed by atoms with Gasteiger partial charge in [0.1, 0.15) is 0 Å². The smallest absolute Gasteiger partial charge is 0.220 e. The van der Waals surface area contributed by atoms with Crippen molar-refractivity contribution in [3.8, 4) is 0 Å². The van der Waals surface area contributed by atoms with Crippen molar-refractivity contribution in [2.24, 2.45) is 0 Å². The molecule has 0 unspecified atom stereocenters. The molecule has 150 valence electrons. The molecule has 2 aromatic rings. The SMILES string of the molecule is O=C(CCCn1nnnc1CN1CCc2ccccc2C1)NC1CCOCC1. The van der Waals surface area contributed by atoms with E-state index in [4.69, 9.17) is 4.74 Å². The van der Waals surface area contributed by atoms with E-state index in [-0.39, 0.29) is 11.9 Å². The third-order valence-corrected chi connectivity index (χ3v) is 5.54. The van der Waals surface area contributed by atoms with E-state index in [1.165, 1.54) is 11.1 Å². The first-order valence-corrected chi connectivity index (χ1v) is 10.2. The number of amides is 1. The maximum atomic E-state index is 12.1. The summed E-state index contributed by atoms with van der Waals surface area (Å²) in [5.41, 5.74) is 2.83. The molecule has 0 spiro atoms. The average molecular weight is 384 g/mol. The number of carbonyl (C=O) groups excluding carboxylic acids is 1. The van der Waals surface area contributed by atoms with Gasteiger partial charge in [-0.2, -0.15) is 0 Å². The molecule has 3 heterocycles. The fourth-order valence-corrected chi connectivity index (χ4v) is 3.93. The lowest BCUT2D eigenvalue weighted by molar-refractivity contribution is -0.122. The Morgan fingerprint density at radius 2 is 2.04 bits per heavy atom. The van der Waals surface area contributed by atoms with E-state index in [0.717, 1.165) is 64.4 Å². The Hall–Kier alpha value is -2.32. The third kappa shape index (κ3) is 4.94. The Morgan fingerprint density at radius 1 is 1.21 bits per heavy atom. The molecule has 0 aliphatic carbocycles. The molecule has 2 aliphatic heterocycles. The molecule has 1 amide bonds. The molecule has 8 nitrogen and oxygen atoms in total. The van der Waals surface area contributed by atoms with E-state index in [2.05, 4.69) is 50.0 Å². The van der Waals surface area contributed by atoms with Gasteiger partial charge in [0.25, 0.3) is 0 Å². The van der Waals surface area contributed by atoms with Gasteiger partial charge in [0, 0.05) is 45.3 Å². The predicted molar refractivity (Wildman–Crippen MR) is 103 cm³/mol. The molecular weight excluding hydrogens is 356 g/mol. The summed E-state index contributed by atoms with van der Waals surface area (Å²) < 4.78 is 7.16. The number of hydrogen-bond donors (Lipinski definition) is 1. The molecule has 1 N–H and O–H groups in total. The minimum atomic E-state index is 0.106. The van der Waals surface area contributed by atoms with Crippen molar-refractivity contribution in [2.75, 3.05) is 19.8 Å². The lowest BCUT2D eigenvalue weighted by Crippen LogP contribution is -2.38. The molecule has 0 saturated carbocycles. The number of benzene rings is 1. The van der Waals surface area contributed by atoms with Crippen LogP contribution in [0, 0.1) is 0 Å². The van der Waals surface area contributed by atoms with Crippen molar-refractivity contribution in [3.05, 3.63) is 41.2 Å². The number of aromatic nitrogens is 4. The standard InChI is InChI=1S/C20H28N6O2/c27-20(21-18-8-12-28-13-9-18)6-3-10-26-19(22-23-24-26)15-25-11-7-16-4-1-2-5-17(16)14-25/h1-2,4-5,18H,3,6-15H2,(H,21,27). The fraction of sp³-hybridized carbons (Fsp3) is 0.600. The van der Waals surface area contributed by atoms with Gasteiger partial charge < -0.3 is 10.1 Å². The number of nitrogens with zero attached hydrogens (tertiary/aromatic N) is 5. The summed E-state index contributed by atoms with van der Waals surface area (Å²) in [7, 11) is 0. The van der Waals surface area contributed by atoms with Gasteiger partial charge in [0.2, 0.25) is 5.91 Å². The summed E-state index contributed by atoms with van der Waals surface area (Å²) in [4.78, 5) is 14.5. The first kappa shape index (κ1) is 19.0. The third-order valence-electron chi connectivity index (χ3n) is 5.54. The van der Waals surface area contributed by atoms with E-state index in [1.807, 2.05) is 4.68 Å². The molecule has 28 heavy (non-hydrogen) atoms. The summed E-state index contributed by atoms with van der Waals surface area (Å²) in [6.45, 7) is 4.80. The Bertz CT molecular complexity index is 787. The second kappa shape index (κ2) is 9.25. The van der Waals surface area contributed by atoms with Crippen LogP contribution in [-0.4, -0.2) is 56.8 Å². The Kier molecular flexibility index (Phi) is 6.28. The Balaban J connectivity index is 1.24. The molecule has 8 heteroatoms. The highest BCUT2D eigenvalue weighted by molar-refractivity contribution is 5.76. The molecule has 2 aliphatic rings. The molecule has 1 aromatic carbocycles. The van der Waals surface area contributed by atoms with Gasteiger partial charge in [-0.15, -0.1) is 5.10 Å². The van der Waals surface area contributed by atoms with Gasteiger partial charge in [-0.25, -0.2) is 4.68 Å². The first-order valence-electron chi connectivity index (χ1n) is 10.2. The number of nitrogens with one attached hydrogen (secondary N) is 1. The lowest BCUT2D eigenvalue weighted by atomic mass is 10.00. The number of carbonyl (C=O) groups is 1. The van der Waals surface area contributed by atoms with Crippen LogP contribution in [0.1, 0.15) is 42.6 Å². The Labute approximate surface area is 165 Å². The summed E-state index contributed by atoms with van der Waals surface area (Å²) in [5.74, 6) is 0.971. The highest BCUT2D eigenvalue weighted by atomic mass is 16.5. The van der Waals surface area contributed by atoms with Gasteiger partial charge in [-0.3, -0.25) is 9.69 Å². The number of tetrazole rings is 1. The quantitative estimate of drug-likeness (QED) is 0.775. The summed E-state index contributed by atoms with van der Waals surface area (Å²) >= 11 is 0. The van der Waals surface area contributed by atoms with E-state index in [9.17, 15) is 4.79 Å². The molecule has 0 atom stereocenters. The van der Waals surface area contributed by atoms with Crippen LogP contribution >= 0.6 is 0 Å². The average Bonchev–Trinajstić information content (AvgIpc) is 3.15. The number of ether oxygens (including phenoxy) is 1. The first-order chi connectivity index (χ1) is 13.8. The van der Waals surface area contributed by atoms with Crippen LogP contribution in [0.3, 0.4) is 0 Å². The van der Waals surface area contributed by atoms with Gasteiger partial charge in [-0.1, -0.05) is 24.3 Å². The summed E-state index contributed by atoms with van der Waals surface area (Å²) in [5, 5.41) is 15.3. The minimum Gasteiger partial charge on any atom is -0.381 e. The van der Waals surface area contributed by atoms with Crippen molar-refractivity contribution in [1.29, 1.82) is 0 Å². The number of hydrogen-bond acceptors (Lipinski definition) is 6. The van der Waals surface area contributed by atoms with Crippen LogP contribution in [0.5, 0.6) is 0 Å². The van der Waals surface area contributed by atoms with E-state index in [1.54, 1.807) is 0 Å². The van der Waals surface area contributed by atoms with Gasteiger partial charge in [0.05, 0.1) is 6.54 Å². The molecule has 0 radical (unpaired) electrons. The zero-order chi connectivity index (χ0) is 19.2. The monoisotopic (exact) mass is 384 g/mol. The zero-order valence-electron chi connectivity index (χ0n) is 16.2. The highest BCUT2D eigenvalue weighted by Crippen LogP contribution is 2.19. The van der Waals surface area contributed by atoms with Crippen LogP contribution in [0.25, 0.3) is 0 Å². The summed E-state index contributed by atoms with van der Waals surface area (Å²) in [6.07, 6.45) is 4.09. The van der Waals surface area contributed by atoms with Crippen molar-refractivity contribution in [3.63, 3.8) is 0 Å². The number of fused-ring (bicyclic) bond motifs is 1. The molecule has 1 fully saturated rings. The largest absolute Gasteiger partial charge is 0.381 e. The maximum absolute atomic E-state index is 12.1. The number of aryl methyl sites for hydroxylation is 1. The second-order valence-electron chi connectivity index (χ2n) is 7.61. The highest BCUT2D eigenvalue weighted by Gasteiger charge is 2.19. The fourth-order valence-electron chi connectivity index (χ4n) is 3.93. The predicted octanol–water partition coefficient (Wildman–Crippen LogP) is 1.31. The van der Waals surface area contributed by atoms with Crippen molar-refractivity contribution < 1.29 is 9.53 Å². The van der Waals surface area contributed by atoms with Crippen LogP contribution in [0.2, 0.25) is 0 Å². The van der Waals surface area contributed by atoms with Gasteiger partial charge in [-0.05, 0) is 47.2 Å². The normalized spacial score (nSPS) is 18.0. The molecular formula is C20H28N6O2. The number of rotatable bonds is 7. The second-order valence-corrected chi connectivity index (χ2v) is 7.61.